The van der Waals surface area contributed by atoms with E-state index in [1.807, 2.05) is 51.7 Å². The molecule has 8 heteroatoms. The summed E-state index contributed by atoms with van der Waals surface area (Å²) in [5, 5.41) is 3.25. The van der Waals surface area contributed by atoms with Crippen molar-refractivity contribution in [3.05, 3.63) is 0 Å². The van der Waals surface area contributed by atoms with E-state index in [0.29, 0.717) is 25.6 Å². The highest BCUT2D eigenvalue weighted by Gasteiger charge is 2.42. The largest absolute Gasteiger partial charge is 0.357 e. The summed E-state index contributed by atoms with van der Waals surface area (Å²) in [4.78, 5) is 35.2. The van der Waals surface area contributed by atoms with Crippen molar-refractivity contribution in [3.8, 4) is 0 Å². The van der Waals surface area contributed by atoms with Crippen LogP contribution in [0.15, 0.2) is 4.99 Å². The molecule has 1 saturated carbocycles. The Morgan fingerprint density at radius 3 is 2.04 bits per heavy atom. The zero-order valence-corrected chi connectivity index (χ0v) is 20.2. The zero-order valence-electron chi connectivity index (χ0n) is 17.9. The van der Waals surface area contributed by atoms with Gasteiger partial charge in [-0.25, -0.2) is 0 Å². The van der Waals surface area contributed by atoms with Gasteiger partial charge in [-0.2, -0.15) is 0 Å². The fraction of sp³-hybridized carbons (Fsp3) is 0.842. The molecule has 2 amide bonds. The summed E-state index contributed by atoms with van der Waals surface area (Å²) >= 11 is 0. The first kappa shape index (κ1) is 25.9. The lowest BCUT2D eigenvalue weighted by molar-refractivity contribution is -0.138. The normalized spacial score (nSPS) is 15.7. The average molecular weight is 495 g/mol. The number of aliphatic imine (C=N–C) groups is 1. The van der Waals surface area contributed by atoms with Gasteiger partial charge in [-0.05, 0) is 33.6 Å². The van der Waals surface area contributed by atoms with Crippen molar-refractivity contribution >= 4 is 41.8 Å². The molecule has 27 heavy (non-hydrogen) atoms. The molecule has 1 N–H and O–H groups in total. The van der Waals surface area contributed by atoms with Gasteiger partial charge in [0, 0.05) is 40.8 Å². The molecule has 1 aliphatic rings. The van der Waals surface area contributed by atoms with Crippen LogP contribution in [0.4, 0.5) is 0 Å². The van der Waals surface area contributed by atoms with Gasteiger partial charge in [-0.3, -0.25) is 14.6 Å². The average Bonchev–Trinajstić information content (AvgIpc) is 3.08. The Morgan fingerprint density at radius 2 is 1.59 bits per heavy atom. The number of halogens is 1. The Balaban J connectivity index is 0.00000676. The molecule has 0 atom stereocenters. The fourth-order valence-electron chi connectivity index (χ4n) is 3.62. The van der Waals surface area contributed by atoms with Crippen molar-refractivity contribution in [1.29, 1.82) is 0 Å². The first-order chi connectivity index (χ1) is 12.3. The van der Waals surface area contributed by atoms with E-state index >= 15 is 0 Å². The van der Waals surface area contributed by atoms with Crippen LogP contribution in [0, 0.1) is 5.41 Å². The predicted molar refractivity (Wildman–Crippen MR) is 122 cm³/mol. The molecular formula is C19H38IN5O2. The molecule has 158 valence electrons. The Morgan fingerprint density at radius 1 is 1.04 bits per heavy atom. The lowest BCUT2D eigenvalue weighted by Crippen LogP contribution is -2.47. The summed E-state index contributed by atoms with van der Waals surface area (Å²) in [5.74, 6) is 0.936. The first-order valence-electron chi connectivity index (χ1n) is 9.80. The topological polar surface area (TPSA) is 68.2 Å². The second-order valence-corrected chi connectivity index (χ2v) is 7.28. The van der Waals surface area contributed by atoms with Crippen molar-refractivity contribution in [2.45, 2.75) is 46.5 Å². The number of carbonyl (C=O) groups excluding carboxylic acids is 2. The molecule has 0 aromatic heterocycles. The molecule has 1 rings (SSSR count). The quantitative estimate of drug-likeness (QED) is 0.318. The maximum Gasteiger partial charge on any atom is 0.242 e. The standard InChI is InChI=1S/C19H37N5O2.HI/c1-7-20-18(23(6)14-16(25)24(8-2)9-3)21-15-19(12-10-11-13-19)17(26)22(4)5;/h7-15H2,1-6H3,(H,20,21);1H. The molecule has 1 fully saturated rings. The molecule has 0 aromatic carbocycles. The molecule has 0 radical (unpaired) electrons. The van der Waals surface area contributed by atoms with Crippen LogP contribution >= 0.6 is 24.0 Å². The van der Waals surface area contributed by atoms with Crippen LogP contribution in [-0.4, -0.2) is 86.3 Å². The van der Waals surface area contributed by atoms with Gasteiger partial charge in [-0.1, -0.05) is 12.8 Å². The first-order valence-corrected chi connectivity index (χ1v) is 9.80. The van der Waals surface area contributed by atoms with Gasteiger partial charge in [0.2, 0.25) is 11.8 Å². The number of likely N-dealkylation sites (N-methyl/N-ethyl adjacent to an activating group) is 2. The minimum Gasteiger partial charge on any atom is -0.357 e. The highest BCUT2D eigenvalue weighted by molar-refractivity contribution is 14.0. The van der Waals surface area contributed by atoms with Crippen LogP contribution in [0.3, 0.4) is 0 Å². The van der Waals surface area contributed by atoms with Gasteiger partial charge in [0.05, 0.1) is 18.5 Å². The van der Waals surface area contributed by atoms with E-state index in [1.165, 1.54) is 0 Å². The van der Waals surface area contributed by atoms with Gasteiger partial charge in [0.15, 0.2) is 5.96 Å². The minimum atomic E-state index is -0.395. The summed E-state index contributed by atoms with van der Waals surface area (Å²) in [6.07, 6.45) is 3.91. The third-order valence-electron chi connectivity index (χ3n) is 5.14. The van der Waals surface area contributed by atoms with E-state index in [9.17, 15) is 9.59 Å². The van der Waals surface area contributed by atoms with Crippen molar-refractivity contribution in [1.82, 2.24) is 20.0 Å². The van der Waals surface area contributed by atoms with Crippen molar-refractivity contribution in [3.63, 3.8) is 0 Å². The molecular weight excluding hydrogens is 457 g/mol. The molecule has 0 aromatic rings. The molecule has 0 unspecified atom stereocenters. The maximum atomic E-state index is 12.7. The molecule has 7 nitrogen and oxygen atoms in total. The summed E-state index contributed by atoms with van der Waals surface area (Å²) in [6.45, 7) is 8.85. The maximum absolute atomic E-state index is 12.7. The van der Waals surface area contributed by atoms with Crippen molar-refractivity contribution < 1.29 is 9.59 Å². The number of carbonyl (C=O) groups is 2. The number of amides is 2. The number of hydrogen-bond donors (Lipinski definition) is 1. The lowest BCUT2D eigenvalue weighted by atomic mass is 9.85. The smallest absolute Gasteiger partial charge is 0.242 e. The third kappa shape index (κ3) is 7.12. The van der Waals surface area contributed by atoms with Crippen molar-refractivity contribution in [2.75, 3.05) is 53.9 Å². The van der Waals surface area contributed by atoms with Gasteiger partial charge < -0.3 is 20.0 Å². The second-order valence-electron chi connectivity index (χ2n) is 7.28. The summed E-state index contributed by atoms with van der Waals surface area (Å²) in [7, 11) is 5.50. The SMILES string of the molecule is CCNC(=NCC1(C(=O)N(C)C)CCCC1)N(C)CC(=O)N(CC)CC.I. The Hall–Kier alpha value is -1.06. The molecule has 1 aliphatic carbocycles. The third-order valence-corrected chi connectivity index (χ3v) is 5.14. The second kappa shape index (κ2) is 12.4. The summed E-state index contributed by atoms with van der Waals surface area (Å²) < 4.78 is 0. The van der Waals surface area contributed by atoms with Crippen LogP contribution < -0.4 is 5.32 Å². The van der Waals surface area contributed by atoms with Gasteiger partial charge >= 0.3 is 0 Å². The van der Waals surface area contributed by atoms with Crippen molar-refractivity contribution in [2.24, 2.45) is 10.4 Å². The van der Waals surface area contributed by atoms with Gasteiger partial charge in [0.1, 0.15) is 0 Å². The summed E-state index contributed by atoms with van der Waals surface area (Å²) in [5.41, 5.74) is -0.395. The fourth-order valence-corrected chi connectivity index (χ4v) is 3.62. The summed E-state index contributed by atoms with van der Waals surface area (Å²) in [6, 6.07) is 0. The number of rotatable bonds is 8. The van der Waals surface area contributed by atoms with Crippen LogP contribution in [0.2, 0.25) is 0 Å². The Kier molecular flexibility index (Phi) is 11.9. The Bertz CT molecular complexity index is 500. The molecule has 0 aliphatic heterocycles. The minimum absolute atomic E-state index is 0. The van der Waals surface area contributed by atoms with E-state index in [-0.39, 0.29) is 42.3 Å². The van der Waals surface area contributed by atoms with Gasteiger partial charge in [-0.15, -0.1) is 24.0 Å². The van der Waals surface area contributed by atoms with Crippen LogP contribution in [-0.2, 0) is 9.59 Å². The predicted octanol–water partition coefficient (Wildman–Crippen LogP) is 2.02. The van der Waals surface area contributed by atoms with E-state index in [0.717, 1.165) is 32.2 Å². The number of guanidine groups is 1. The molecule has 0 spiro atoms. The van der Waals surface area contributed by atoms with E-state index in [4.69, 9.17) is 4.99 Å². The highest BCUT2D eigenvalue weighted by Crippen LogP contribution is 2.39. The van der Waals surface area contributed by atoms with E-state index in [1.54, 1.807) is 4.90 Å². The van der Waals surface area contributed by atoms with E-state index < -0.39 is 5.41 Å². The lowest BCUT2D eigenvalue weighted by Gasteiger charge is -2.30. The number of nitrogens with one attached hydrogen (secondary N) is 1. The van der Waals surface area contributed by atoms with Crippen LogP contribution in [0.25, 0.3) is 0 Å². The van der Waals surface area contributed by atoms with E-state index in [2.05, 4.69) is 5.32 Å². The van der Waals surface area contributed by atoms with Crippen LogP contribution in [0.5, 0.6) is 0 Å². The zero-order chi connectivity index (χ0) is 19.7. The Labute approximate surface area is 181 Å². The molecule has 0 bridgehead atoms. The number of nitrogens with zero attached hydrogens (tertiary/aromatic N) is 4. The molecule has 0 heterocycles. The highest BCUT2D eigenvalue weighted by atomic mass is 127. The molecule has 0 saturated heterocycles. The number of hydrogen-bond acceptors (Lipinski definition) is 3. The monoisotopic (exact) mass is 495 g/mol. The van der Waals surface area contributed by atoms with Crippen LogP contribution in [0.1, 0.15) is 46.5 Å². The van der Waals surface area contributed by atoms with Gasteiger partial charge in [0.25, 0.3) is 0 Å².